The highest BCUT2D eigenvalue weighted by molar-refractivity contribution is 5.81. The lowest BCUT2D eigenvalue weighted by molar-refractivity contribution is -0.139. The van der Waals surface area contributed by atoms with Crippen molar-refractivity contribution in [3.05, 3.63) is 0 Å². The number of carbonyl (C=O) groups is 1. The number of nitrogens with zero attached hydrogens (tertiary/aromatic N) is 1. The summed E-state index contributed by atoms with van der Waals surface area (Å²) in [6.45, 7) is 8.08. The number of likely N-dealkylation sites (N-methyl/N-ethyl adjacent to an activating group) is 1. The predicted octanol–water partition coefficient (Wildman–Crippen LogP) is 2.02. The molecule has 0 aromatic rings. The fourth-order valence-electron chi connectivity index (χ4n) is 2.16. The van der Waals surface area contributed by atoms with E-state index in [2.05, 4.69) is 12.2 Å². The van der Waals surface area contributed by atoms with Crippen LogP contribution in [0.1, 0.15) is 46.5 Å². The number of hydrogen-bond donors (Lipinski definition) is 1. The third kappa shape index (κ3) is 3.48. The van der Waals surface area contributed by atoms with Crippen molar-refractivity contribution < 1.29 is 4.79 Å². The molecule has 16 heavy (non-hydrogen) atoms. The van der Waals surface area contributed by atoms with Crippen LogP contribution in [0, 0.1) is 5.41 Å². The lowest BCUT2D eigenvalue weighted by Crippen LogP contribution is -2.47. The lowest BCUT2D eigenvalue weighted by atomic mass is 9.88. The van der Waals surface area contributed by atoms with Gasteiger partial charge in [0.2, 0.25) is 5.91 Å². The van der Waals surface area contributed by atoms with Crippen LogP contribution >= 0.6 is 0 Å². The zero-order valence-electron chi connectivity index (χ0n) is 11.2. The molecule has 0 aromatic heterocycles. The second-order valence-electron chi connectivity index (χ2n) is 5.57. The van der Waals surface area contributed by atoms with E-state index in [9.17, 15) is 4.79 Å². The van der Waals surface area contributed by atoms with Crippen LogP contribution in [0.2, 0.25) is 0 Å². The number of nitrogens with one attached hydrogen (secondary N) is 1. The topological polar surface area (TPSA) is 32.3 Å². The molecule has 3 heteroatoms. The van der Waals surface area contributed by atoms with Gasteiger partial charge in [0.15, 0.2) is 0 Å². The fraction of sp³-hybridized carbons (Fsp3) is 0.923. The van der Waals surface area contributed by atoms with E-state index >= 15 is 0 Å². The van der Waals surface area contributed by atoms with Crippen molar-refractivity contribution >= 4 is 5.91 Å². The third-order valence-electron chi connectivity index (χ3n) is 3.72. The molecular formula is C13H26N2O. The molecule has 0 bridgehead atoms. The summed E-state index contributed by atoms with van der Waals surface area (Å²) < 4.78 is 0. The van der Waals surface area contributed by atoms with Crippen molar-refractivity contribution in [2.75, 3.05) is 20.1 Å². The molecule has 1 aliphatic rings. The Bertz CT molecular complexity index is 232. The first-order chi connectivity index (χ1) is 7.47. The van der Waals surface area contributed by atoms with E-state index in [1.807, 2.05) is 25.8 Å². The van der Waals surface area contributed by atoms with Crippen molar-refractivity contribution in [1.82, 2.24) is 10.2 Å². The highest BCUT2D eigenvalue weighted by Crippen LogP contribution is 2.22. The number of amides is 1. The van der Waals surface area contributed by atoms with Gasteiger partial charge < -0.3 is 10.2 Å². The van der Waals surface area contributed by atoms with Gasteiger partial charge in [0.1, 0.15) is 0 Å². The van der Waals surface area contributed by atoms with Gasteiger partial charge >= 0.3 is 0 Å². The highest BCUT2D eigenvalue weighted by Gasteiger charge is 2.29. The van der Waals surface area contributed by atoms with Crippen molar-refractivity contribution in [3.63, 3.8) is 0 Å². The van der Waals surface area contributed by atoms with E-state index in [1.165, 1.54) is 19.3 Å². The van der Waals surface area contributed by atoms with Gasteiger partial charge in [-0.15, -0.1) is 0 Å². The van der Waals surface area contributed by atoms with Gasteiger partial charge in [0, 0.05) is 25.0 Å². The third-order valence-corrected chi connectivity index (χ3v) is 3.72. The van der Waals surface area contributed by atoms with Gasteiger partial charge in [0.25, 0.3) is 0 Å². The van der Waals surface area contributed by atoms with Gasteiger partial charge in [-0.1, -0.05) is 27.2 Å². The highest BCUT2D eigenvalue weighted by atomic mass is 16.2. The number of rotatable bonds is 4. The summed E-state index contributed by atoms with van der Waals surface area (Å²) in [5.41, 5.74) is -0.219. The second kappa shape index (κ2) is 5.67. The van der Waals surface area contributed by atoms with Crippen LogP contribution in [-0.2, 0) is 4.79 Å². The summed E-state index contributed by atoms with van der Waals surface area (Å²) in [5.74, 6) is 0.266. The summed E-state index contributed by atoms with van der Waals surface area (Å²) in [5, 5.41) is 3.48. The smallest absolute Gasteiger partial charge is 0.228 e. The molecule has 0 radical (unpaired) electrons. The molecular weight excluding hydrogens is 200 g/mol. The largest absolute Gasteiger partial charge is 0.344 e. The van der Waals surface area contributed by atoms with Crippen LogP contribution < -0.4 is 5.32 Å². The summed E-state index contributed by atoms with van der Waals surface area (Å²) >= 11 is 0. The molecule has 1 N–H and O–H groups in total. The van der Waals surface area contributed by atoms with Crippen LogP contribution in [0.15, 0.2) is 0 Å². The van der Waals surface area contributed by atoms with Crippen molar-refractivity contribution in [2.45, 2.75) is 52.5 Å². The molecule has 94 valence electrons. The molecule has 1 saturated heterocycles. The molecule has 1 heterocycles. The number of carbonyl (C=O) groups excluding carboxylic acids is 1. The first kappa shape index (κ1) is 13.5. The standard InChI is InChI=1S/C13H26N2O/c1-5-13(2,3)12(16)15(4)10-11-8-6-7-9-14-11/h11,14H,5-10H2,1-4H3. The second-order valence-corrected chi connectivity index (χ2v) is 5.57. The molecule has 1 atom stereocenters. The number of hydrogen-bond acceptors (Lipinski definition) is 2. The minimum atomic E-state index is -0.219. The summed E-state index contributed by atoms with van der Waals surface area (Å²) in [7, 11) is 1.93. The normalized spacial score (nSPS) is 21.9. The molecule has 1 aliphatic heterocycles. The van der Waals surface area contributed by atoms with Crippen molar-refractivity contribution in [1.29, 1.82) is 0 Å². The summed E-state index contributed by atoms with van der Waals surface area (Å²) in [6.07, 6.45) is 4.66. The van der Waals surface area contributed by atoms with E-state index in [4.69, 9.17) is 0 Å². The molecule has 3 nitrogen and oxygen atoms in total. The van der Waals surface area contributed by atoms with Crippen LogP contribution in [0.5, 0.6) is 0 Å². The maximum absolute atomic E-state index is 12.2. The first-order valence-electron chi connectivity index (χ1n) is 6.46. The minimum Gasteiger partial charge on any atom is -0.344 e. The average Bonchev–Trinajstić information content (AvgIpc) is 2.29. The Labute approximate surface area is 99.6 Å². The Kier molecular flexibility index (Phi) is 4.78. The van der Waals surface area contributed by atoms with Crippen LogP contribution in [0.3, 0.4) is 0 Å². The minimum absolute atomic E-state index is 0.219. The van der Waals surface area contributed by atoms with E-state index in [-0.39, 0.29) is 11.3 Å². The molecule has 0 aromatic carbocycles. The quantitative estimate of drug-likeness (QED) is 0.795. The summed E-state index contributed by atoms with van der Waals surface area (Å²) in [4.78, 5) is 14.1. The average molecular weight is 226 g/mol. The maximum atomic E-state index is 12.2. The van der Waals surface area contributed by atoms with Gasteiger partial charge in [-0.25, -0.2) is 0 Å². The molecule has 1 unspecified atom stereocenters. The van der Waals surface area contributed by atoms with E-state index in [0.29, 0.717) is 6.04 Å². The van der Waals surface area contributed by atoms with Crippen LogP contribution in [-0.4, -0.2) is 37.0 Å². The molecule has 0 saturated carbocycles. The Morgan fingerprint density at radius 2 is 2.12 bits per heavy atom. The van der Waals surface area contributed by atoms with Gasteiger partial charge in [-0.3, -0.25) is 4.79 Å². The van der Waals surface area contributed by atoms with Crippen molar-refractivity contribution in [3.8, 4) is 0 Å². The predicted molar refractivity (Wildman–Crippen MR) is 67.4 cm³/mol. The Morgan fingerprint density at radius 1 is 1.44 bits per heavy atom. The Hall–Kier alpha value is -0.570. The monoisotopic (exact) mass is 226 g/mol. The lowest BCUT2D eigenvalue weighted by Gasteiger charge is -2.32. The van der Waals surface area contributed by atoms with Gasteiger partial charge in [-0.2, -0.15) is 0 Å². The zero-order valence-corrected chi connectivity index (χ0v) is 11.2. The van der Waals surface area contributed by atoms with Crippen LogP contribution in [0.25, 0.3) is 0 Å². The number of piperidine rings is 1. The molecule has 0 spiro atoms. The Balaban J connectivity index is 2.44. The van der Waals surface area contributed by atoms with Crippen molar-refractivity contribution in [2.24, 2.45) is 5.41 Å². The fourth-order valence-corrected chi connectivity index (χ4v) is 2.16. The first-order valence-corrected chi connectivity index (χ1v) is 6.46. The summed E-state index contributed by atoms with van der Waals surface area (Å²) in [6, 6.07) is 0.496. The molecule has 1 fully saturated rings. The Morgan fingerprint density at radius 3 is 2.62 bits per heavy atom. The van der Waals surface area contributed by atoms with E-state index in [1.54, 1.807) is 0 Å². The van der Waals surface area contributed by atoms with Gasteiger partial charge in [-0.05, 0) is 25.8 Å². The van der Waals surface area contributed by atoms with E-state index < -0.39 is 0 Å². The zero-order chi connectivity index (χ0) is 12.2. The SMILES string of the molecule is CCC(C)(C)C(=O)N(C)CC1CCCCN1. The van der Waals surface area contributed by atoms with Gasteiger partial charge in [0.05, 0.1) is 0 Å². The molecule has 1 amide bonds. The maximum Gasteiger partial charge on any atom is 0.228 e. The van der Waals surface area contributed by atoms with Crippen LogP contribution in [0.4, 0.5) is 0 Å². The molecule has 1 rings (SSSR count). The molecule has 0 aliphatic carbocycles. The van der Waals surface area contributed by atoms with E-state index in [0.717, 1.165) is 19.5 Å².